The highest BCUT2D eigenvalue weighted by molar-refractivity contribution is 7.99. The molecule has 2 aliphatic rings. The van der Waals surface area contributed by atoms with Crippen LogP contribution < -0.4 is 5.32 Å². The van der Waals surface area contributed by atoms with Gasteiger partial charge in [0.1, 0.15) is 6.04 Å². The van der Waals surface area contributed by atoms with Crippen LogP contribution in [0.1, 0.15) is 19.3 Å². The van der Waals surface area contributed by atoms with E-state index in [0.717, 1.165) is 18.6 Å². The van der Waals surface area contributed by atoms with Gasteiger partial charge in [-0.15, -0.1) is 0 Å². The van der Waals surface area contributed by atoms with Gasteiger partial charge in [-0.2, -0.15) is 11.8 Å². The average Bonchev–Trinajstić information content (AvgIpc) is 2.96. The fraction of sp³-hybridized carbons (Fsp3) is 0.818. The number of likely N-dealkylation sites (tertiary alicyclic amines) is 1. The summed E-state index contributed by atoms with van der Waals surface area (Å²) in [5, 5.41) is 11.8. The Morgan fingerprint density at radius 1 is 1.41 bits per heavy atom. The molecule has 1 unspecified atom stereocenters. The Morgan fingerprint density at radius 2 is 2.24 bits per heavy atom. The molecule has 0 aromatic rings. The molecule has 2 heterocycles. The summed E-state index contributed by atoms with van der Waals surface area (Å²) < 4.78 is 0. The quantitative estimate of drug-likeness (QED) is 0.792. The van der Waals surface area contributed by atoms with E-state index in [4.69, 9.17) is 5.11 Å². The standard InChI is InChI=1S/C11H18N2O3S/c14-10(15)9-2-1-4-13(9)11(16)12-6-8-3-5-17-7-8/h8-9H,1-7H2,(H,12,16)(H,14,15)/t8?,9-/m1/s1. The molecule has 5 nitrogen and oxygen atoms in total. The molecule has 0 aliphatic carbocycles. The van der Waals surface area contributed by atoms with Gasteiger partial charge in [-0.1, -0.05) is 0 Å². The number of amides is 2. The van der Waals surface area contributed by atoms with Gasteiger partial charge >= 0.3 is 12.0 Å². The smallest absolute Gasteiger partial charge is 0.326 e. The van der Waals surface area contributed by atoms with E-state index in [2.05, 4.69) is 5.32 Å². The summed E-state index contributed by atoms with van der Waals surface area (Å²) in [6.07, 6.45) is 2.50. The highest BCUT2D eigenvalue weighted by Gasteiger charge is 2.34. The molecule has 0 aromatic heterocycles. The van der Waals surface area contributed by atoms with Gasteiger partial charge in [0.15, 0.2) is 0 Å². The Kier molecular flexibility index (Phi) is 4.15. The SMILES string of the molecule is O=C(O)[C@H]1CCCN1C(=O)NCC1CCSC1. The Labute approximate surface area is 105 Å². The largest absolute Gasteiger partial charge is 0.480 e. The summed E-state index contributed by atoms with van der Waals surface area (Å²) in [6, 6.07) is -0.847. The maximum atomic E-state index is 11.9. The summed E-state index contributed by atoms with van der Waals surface area (Å²) in [5.41, 5.74) is 0. The van der Waals surface area contributed by atoms with E-state index in [1.165, 1.54) is 10.7 Å². The summed E-state index contributed by atoms with van der Waals surface area (Å²) in [6.45, 7) is 1.23. The Bertz CT molecular complexity index is 305. The molecule has 2 N–H and O–H groups in total. The van der Waals surface area contributed by atoms with Crippen LogP contribution in [0.3, 0.4) is 0 Å². The monoisotopic (exact) mass is 258 g/mol. The van der Waals surface area contributed by atoms with Gasteiger partial charge in [0.25, 0.3) is 0 Å². The second-order valence-corrected chi connectivity index (χ2v) is 5.76. The minimum Gasteiger partial charge on any atom is -0.480 e. The molecule has 0 saturated carbocycles. The first kappa shape index (κ1) is 12.5. The van der Waals surface area contributed by atoms with E-state index in [1.807, 2.05) is 11.8 Å². The molecule has 0 bridgehead atoms. The summed E-state index contributed by atoms with van der Waals surface area (Å²) in [5.74, 6) is 1.92. The van der Waals surface area contributed by atoms with Crippen molar-refractivity contribution < 1.29 is 14.7 Å². The van der Waals surface area contributed by atoms with Crippen LogP contribution in [0, 0.1) is 5.92 Å². The van der Waals surface area contributed by atoms with Crippen LogP contribution in [0.25, 0.3) is 0 Å². The van der Waals surface area contributed by atoms with Crippen molar-refractivity contribution in [2.45, 2.75) is 25.3 Å². The van der Waals surface area contributed by atoms with E-state index in [-0.39, 0.29) is 6.03 Å². The molecule has 6 heteroatoms. The van der Waals surface area contributed by atoms with Gasteiger partial charge in [0.05, 0.1) is 0 Å². The van der Waals surface area contributed by atoms with Crippen LogP contribution in [0.5, 0.6) is 0 Å². The summed E-state index contributed by atoms with van der Waals surface area (Å²) in [7, 11) is 0. The molecule has 0 radical (unpaired) electrons. The summed E-state index contributed by atoms with van der Waals surface area (Å²) in [4.78, 5) is 24.3. The third kappa shape index (κ3) is 3.06. The topological polar surface area (TPSA) is 69.6 Å². The van der Waals surface area contributed by atoms with Crippen LogP contribution in [-0.2, 0) is 4.79 Å². The predicted octanol–water partition coefficient (Wildman–Crippen LogP) is 0.998. The van der Waals surface area contributed by atoms with Crippen LogP contribution >= 0.6 is 11.8 Å². The number of carbonyl (C=O) groups excluding carboxylic acids is 1. The fourth-order valence-electron chi connectivity index (χ4n) is 2.34. The van der Waals surface area contributed by atoms with Crippen LogP contribution in [0.15, 0.2) is 0 Å². The van der Waals surface area contributed by atoms with Crippen molar-refractivity contribution in [2.75, 3.05) is 24.6 Å². The van der Waals surface area contributed by atoms with Crippen LogP contribution in [-0.4, -0.2) is 52.6 Å². The fourth-order valence-corrected chi connectivity index (χ4v) is 3.63. The van der Waals surface area contributed by atoms with E-state index >= 15 is 0 Å². The second kappa shape index (κ2) is 5.62. The number of carboxylic acids is 1. The van der Waals surface area contributed by atoms with Crippen LogP contribution in [0.2, 0.25) is 0 Å². The van der Waals surface area contributed by atoms with Crippen molar-refractivity contribution in [3.63, 3.8) is 0 Å². The normalized spacial score (nSPS) is 28.4. The van der Waals surface area contributed by atoms with E-state index in [9.17, 15) is 9.59 Å². The Balaban J connectivity index is 1.80. The minimum absolute atomic E-state index is 0.216. The van der Waals surface area contributed by atoms with Crippen molar-refractivity contribution in [3.05, 3.63) is 0 Å². The zero-order valence-electron chi connectivity index (χ0n) is 9.72. The van der Waals surface area contributed by atoms with Crippen molar-refractivity contribution in [2.24, 2.45) is 5.92 Å². The lowest BCUT2D eigenvalue weighted by Crippen LogP contribution is -2.47. The molecule has 0 aromatic carbocycles. The number of carboxylic acid groups (broad SMARTS) is 1. The number of nitrogens with one attached hydrogen (secondary N) is 1. The highest BCUT2D eigenvalue weighted by Crippen LogP contribution is 2.23. The Morgan fingerprint density at radius 3 is 2.88 bits per heavy atom. The van der Waals surface area contributed by atoms with Gasteiger partial charge in [-0.05, 0) is 36.7 Å². The predicted molar refractivity (Wildman–Crippen MR) is 66.2 cm³/mol. The highest BCUT2D eigenvalue weighted by atomic mass is 32.2. The van der Waals surface area contributed by atoms with Crippen molar-refractivity contribution >= 4 is 23.8 Å². The molecular formula is C11H18N2O3S. The molecule has 2 saturated heterocycles. The molecule has 2 amide bonds. The van der Waals surface area contributed by atoms with E-state index in [0.29, 0.717) is 25.4 Å². The molecule has 2 fully saturated rings. The third-order valence-electron chi connectivity index (χ3n) is 3.36. The van der Waals surface area contributed by atoms with Crippen molar-refractivity contribution in [1.29, 1.82) is 0 Å². The maximum Gasteiger partial charge on any atom is 0.326 e. The zero-order chi connectivity index (χ0) is 12.3. The van der Waals surface area contributed by atoms with Crippen molar-refractivity contribution in [3.8, 4) is 0 Å². The number of aliphatic carboxylic acids is 1. The van der Waals surface area contributed by atoms with Gasteiger partial charge in [-0.3, -0.25) is 0 Å². The number of thioether (sulfide) groups is 1. The third-order valence-corrected chi connectivity index (χ3v) is 4.60. The first-order valence-corrected chi connectivity index (χ1v) is 7.19. The minimum atomic E-state index is -0.894. The zero-order valence-corrected chi connectivity index (χ0v) is 10.5. The summed E-state index contributed by atoms with van der Waals surface area (Å²) >= 11 is 1.91. The molecule has 17 heavy (non-hydrogen) atoms. The van der Waals surface area contributed by atoms with Crippen LogP contribution in [0.4, 0.5) is 4.79 Å². The van der Waals surface area contributed by atoms with E-state index < -0.39 is 12.0 Å². The molecule has 2 aliphatic heterocycles. The van der Waals surface area contributed by atoms with E-state index in [1.54, 1.807) is 0 Å². The second-order valence-electron chi connectivity index (χ2n) is 4.61. The molecule has 2 rings (SSSR count). The number of hydrogen-bond acceptors (Lipinski definition) is 3. The lowest BCUT2D eigenvalue weighted by Gasteiger charge is -2.22. The molecule has 96 valence electrons. The van der Waals surface area contributed by atoms with Gasteiger partial charge < -0.3 is 15.3 Å². The molecule has 0 spiro atoms. The first-order valence-electron chi connectivity index (χ1n) is 6.03. The van der Waals surface area contributed by atoms with Crippen molar-refractivity contribution in [1.82, 2.24) is 10.2 Å². The first-order chi connectivity index (χ1) is 8.18. The van der Waals surface area contributed by atoms with Gasteiger partial charge in [0.2, 0.25) is 0 Å². The van der Waals surface area contributed by atoms with Gasteiger partial charge in [0, 0.05) is 13.1 Å². The maximum absolute atomic E-state index is 11.9. The Hall–Kier alpha value is -0.910. The molecular weight excluding hydrogens is 240 g/mol. The number of urea groups is 1. The lowest BCUT2D eigenvalue weighted by molar-refractivity contribution is -0.141. The lowest BCUT2D eigenvalue weighted by atomic mass is 10.1. The number of carbonyl (C=O) groups is 2. The number of nitrogens with zero attached hydrogens (tertiary/aromatic N) is 1. The van der Waals surface area contributed by atoms with Gasteiger partial charge in [-0.25, -0.2) is 9.59 Å². The average molecular weight is 258 g/mol. The molecule has 2 atom stereocenters. The number of hydrogen-bond donors (Lipinski definition) is 2. The number of rotatable bonds is 3.